The van der Waals surface area contributed by atoms with E-state index in [9.17, 15) is 9.59 Å². The topological polar surface area (TPSA) is 79.5 Å². The molecule has 0 heterocycles. The standard InChI is InChI=1S/C23H31N3O3/c1-4-13-24-23(28)18-8-10-19(11-9-18)25-16-22(27)26-20-6-5-7-21(15-20)29-14-12-17(2)3/h5-11,15,17,25H,4,12-14,16H2,1-3H3,(H,24,28)(H,26,27). The molecule has 0 aliphatic rings. The van der Waals surface area contributed by atoms with Crippen LogP contribution >= 0.6 is 0 Å². The molecule has 156 valence electrons. The van der Waals surface area contributed by atoms with E-state index >= 15 is 0 Å². The van der Waals surface area contributed by atoms with Gasteiger partial charge < -0.3 is 20.7 Å². The summed E-state index contributed by atoms with van der Waals surface area (Å²) < 4.78 is 5.72. The quantitative estimate of drug-likeness (QED) is 0.528. The summed E-state index contributed by atoms with van der Waals surface area (Å²) in [7, 11) is 0. The average Bonchev–Trinajstić information content (AvgIpc) is 2.71. The molecule has 2 rings (SSSR count). The lowest BCUT2D eigenvalue weighted by molar-refractivity contribution is -0.114. The number of carbonyl (C=O) groups is 2. The molecule has 2 aromatic carbocycles. The van der Waals surface area contributed by atoms with Gasteiger partial charge in [-0.15, -0.1) is 0 Å². The monoisotopic (exact) mass is 397 g/mol. The van der Waals surface area contributed by atoms with Crippen LogP contribution in [0, 0.1) is 5.92 Å². The second kappa shape index (κ2) is 11.7. The van der Waals surface area contributed by atoms with E-state index in [4.69, 9.17) is 4.74 Å². The van der Waals surface area contributed by atoms with Crippen molar-refractivity contribution in [3.05, 3.63) is 54.1 Å². The van der Waals surface area contributed by atoms with Gasteiger partial charge in [-0.05, 0) is 55.2 Å². The number of nitrogens with one attached hydrogen (secondary N) is 3. The Hall–Kier alpha value is -3.02. The number of hydrogen-bond acceptors (Lipinski definition) is 4. The lowest BCUT2D eigenvalue weighted by Gasteiger charge is -2.11. The zero-order chi connectivity index (χ0) is 21.1. The molecule has 0 atom stereocenters. The number of benzene rings is 2. The van der Waals surface area contributed by atoms with Gasteiger partial charge in [0.05, 0.1) is 13.2 Å². The van der Waals surface area contributed by atoms with Crippen molar-refractivity contribution in [1.82, 2.24) is 5.32 Å². The van der Waals surface area contributed by atoms with E-state index in [2.05, 4.69) is 29.8 Å². The molecule has 0 spiro atoms. The van der Waals surface area contributed by atoms with Gasteiger partial charge in [0.2, 0.25) is 5.91 Å². The van der Waals surface area contributed by atoms with Crippen LogP contribution in [0.25, 0.3) is 0 Å². The van der Waals surface area contributed by atoms with E-state index in [1.807, 2.05) is 31.2 Å². The summed E-state index contributed by atoms with van der Waals surface area (Å²) in [5.41, 5.74) is 2.07. The maximum absolute atomic E-state index is 12.2. The Labute approximate surface area is 173 Å². The van der Waals surface area contributed by atoms with Gasteiger partial charge in [-0.1, -0.05) is 26.8 Å². The maximum Gasteiger partial charge on any atom is 0.251 e. The Morgan fingerprint density at radius 1 is 1.03 bits per heavy atom. The van der Waals surface area contributed by atoms with Crippen molar-refractivity contribution >= 4 is 23.2 Å². The maximum atomic E-state index is 12.2. The van der Waals surface area contributed by atoms with Crippen LogP contribution in [-0.4, -0.2) is 31.5 Å². The van der Waals surface area contributed by atoms with E-state index < -0.39 is 0 Å². The normalized spacial score (nSPS) is 10.5. The zero-order valence-corrected chi connectivity index (χ0v) is 17.5. The SMILES string of the molecule is CCCNC(=O)c1ccc(NCC(=O)Nc2cccc(OCCC(C)C)c2)cc1. The van der Waals surface area contributed by atoms with Crippen molar-refractivity contribution in [3.63, 3.8) is 0 Å². The van der Waals surface area contributed by atoms with Crippen molar-refractivity contribution in [1.29, 1.82) is 0 Å². The van der Waals surface area contributed by atoms with E-state index in [0.29, 0.717) is 30.3 Å². The van der Waals surface area contributed by atoms with Gasteiger partial charge in [-0.25, -0.2) is 0 Å². The van der Waals surface area contributed by atoms with Gasteiger partial charge in [0.1, 0.15) is 5.75 Å². The molecule has 0 aliphatic heterocycles. The molecule has 2 amide bonds. The average molecular weight is 398 g/mol. The summed E-state index contributed by atoms with van der Waals surface area (Å²) in [4.78, 5) is 24.1. The molecule has 0 fully saturated rings. The van der Waals surface area contributed by atoms with Crippen LogP contribution in [0.4, 0.5) is 11.4 Å². The van der Waals surface area contributed by atoms with Crippen LogP contribution in [0.5, 0.6) is 5.75 Å². The minimum Gasteiger partial charge on any atom is -0.494 e. The van der Waals surface area contributed by atoms with Crippen molar-refractivity contribution in [2.45, 2.75) is 33.6 Å². The Kier molecular flexibility index (Phi) is 9.02. The third kappa shape index (κ3) is 8.25. The Bertz CT molecular complexity index is 788. The van der Waals surface area contributed by atoms with Gasteiger partial charge in [0.25, 0.3) is 5.91 Å². The second-order valence-electron chi connectivity index (χ2n) is 7.29. The minimum absolute atomic E-state index is 0.0911. The molecule has 0 aromatic heterocycles. The summed E-state index contributed by atoms with van der Waals surface area (Å²) in [6.07, 6.45) is 1.88. The van der Waals surface area contributed by atoms with Crippen LogP contribution in [-0.2, 0) is 4.79 Å². The number of anilines is 2. The Balaban J connectivity index is 1.80. The summed E-state index contributed by atoms with van der Waals surface area (Å²) in [5.74, 6) is 1.08. The molecular weight excluding hydrogens is 366 g/mol. The lowest BCUT2D eigenvalue weighted by atomic mass is 10.1. The van der Waals surface area contributed by atoms with Crippen LogP contribution in [0.3, 0.4) is 0 Å². The first-order chi connectivity index (χ1) is 14.0. The van der Waals surface area contributed by atoms with E-state index in [1.165, 1.54) is 0 Å². The first-order valence-corrected chi connectivity index (χ1v) is 10.1. The molecule has 0 saturated heterocycles. The Morgan fingerprint density at radius 3 is 2.48 bits per heavy atom. The predicted octanol–water partition coefficient (Wildman–Crippen LogP) is 4.30. The van der Waals surface area contributed by atoms with E-state index in [1.54, 1.807) is 24.3 Å². The van der Waals surface area contributed by atoms with Crippen LogP contribution < -0.4 is 20.7 Å². The Morgan fingerprint density at radius 2 is 1.79 bits per heavy atom. The van der Waals surface area contributed by atoms with Gasteiger partial charge in [-0.3, -0.25) is 9.59 Å². The fourth-order valence-corrected chi connectivity index (χ4v) is 2.54. The highest BCUT2D eigenvalue weighted by Gasteiger charge is 2.06. The molecule has 6 nitrogen and oxygen atoms in total. The molecule has 0 aliphatic carbocycles. The summed E-state index contributed by atoms with van der Waals surface area (Å²) in [6.45, 7) is 7.75. The fraction of sp³-hybridized carbons (Fsp3) is 0.391. The molecule has 2 aromatic rings. The lowest BCUT2D eigenvalue weighted by Crippen LogP contribution is -2.24. The molecule has 0 bridgehead atoms. The smallest absolute Gasteiger partial charge is 0.251 e. The van der Waals surface area contributed by atoms with Crippen LogP contribution in [0.1, 0.15) is 44.0 Å². The van der Waals surface area contributed by atoms with Crippen LogP contribution in [0.2, 0.25) is 0 Å². The molecule has 0 saturated carbocycles. The molecule has 0 radical (unpaired) electrons. The van der Waals surface area contributed by atoms with Crippen molar-refractivity contribution < 1.29 is 14.3 Å². The van der Waals surface area contributed by atoms with Gasteiger partial charge in [-0.2, -0.15) is 0 Å². The summed E-state index contributed by atoms with van der Waals surface area (Å²) >= 11 is 0. The first kappa shape index (κ1) is 22.3. The summed E-state index contributed by atoms with van der Waals surface area (Å²) in [6, 6.07) is 14.4. The number of ether oxygens (including phenoxy) is 1. The first-order valence-electron chi connectivity index (χ1n) is 10.1. The highest BCUT2D eigenvalue weighted by atomic mass is 16.5. The van der Waals surface area contributed by atoms with Gasteiger partial charge in [0.15, 0.2) is 0 Å². The highest BCUT2D eigenvalue weighted by molar-refractivity contribution is 5.95. The molecular formula is C23H31N3O3. The number of hydrogen-bond donors (Lipinski definition) is 3. The third-order valence-electron chi connectivity index (χ3n) is 4.22. The third-order valence-corrected chi connectivity index (χ3v) is 4.22. The second-order valence-corrected chi connectivity index (χ2v) is 7.29. The minimum atomic E-state index is -0.158. The predicted molar refractivity (Wildman–Crippen MR) is 118 cm³/mol. The molecule has 0 unspecified atom stereocenters. The van der Waals surface area contributed by atoms with E-state index in [0.717, 1.165) is 24.3 Å². The molecule has 6 heteroatoms. The van der Waals surface area contributed by atoms with Crippen molar-refractivity contribution in [2.75, 3.05) is 30.3 Å². The van der Waals surface area contributed by atoms with Crippen molar-refractivity contribution in [3.8, 4) is 5.75 Å². The summed E-state index contributed by atoms with van der Waals surface area (Å²) in [5, 5.41) is 8.75. The molecule has 29 heavy (non-hydrogen) atoms. The number of carbonyl (C=O) groups excluding carboxylic acids is 2. The highest BCUT2D eigenvalue weighted by Crippen LogP contribution is 2.18. The number of amides is 2. The van der Waals surface area contributed by atoms with Gasteiger partial charge >= 0.3 is 0 Å². The largest absolute Gasteiger partial charge is 0.494 e. The molecule has 3 N–H and O–H groups in total. The van der Waals surface area contributed by atoms with Crippen LogP contribution in [0.15, 0.2) is 48.5 Å². The zero-order valence-electron chi connectivity index (χ0n) is 17.5. The fourth-order valence-electron chi connectivity index (χ4n) is 2.54. The van der Waals surface area contributed by atoms with Crippen molar-refractivity contribution in [2.24, 2.45) is 5.92 Å². The number of rotatable bonds is 11. The van der Waals surface area contributed by atoms with E-state index in [-0.39, 0.29) is 18.4 Å². The van der Waals surface area contributed by atoms with Gasteiger partial charge in [0, 0.05) is 29.5 Å².